The predicted molar refractivity (Wildman–Crippen MR) is 32.2 cm³/mol. The van der Waals surface area contributed by atoms with E-state index in [0.29, 0.717) is 13.0 Å². The van der Waals surface area contributed by atoms with Gasteiger partial charge in [-0.2, -0.15) is 13.2 Å². The van der Waals surface area contributed by atoms with Crippen molar-refractivity contribution in [1.29, 1.82) is 0 Å². The Kier molecular flexibility index (Phi) is 1.97. The summed E-state index contributed by atoms with van der Waals surface area (Å²) in [6.07, 6.45) is -2.66. The lowest BCUT2D eigenvalue weighted by molar-refractivity contribution is -0.0612. The van der Waals surface area contributed by atoms with E-state index in [9.17, 15) is 13.2 Å². The average molecular weight is 151 g/mol. The lowest BCUT2D eigenvalue weighted by Crippen LogP contribution is -2.25. The Balaban J connectivity index is 2.62. The highest BCUT2D eigenvalue weighted by Gasteiger charge is 2.35. The number of aliphatic imine (C=N–C) groups is 1. The molecule has 1 aliphatic heterocycles. The molecule has 4 heteroatoms. The van der Waals surface area contributed by atoms with E-state index in [1.165, 1.54) is 0 Å². The highest BCUT2D eigenvalue weighted by Crippen LogP contribution is 2.23. The molecule has 0 fully saturated rings. The van der Waals surface area contributed by atoms with Gasteiger partial charge in [0.25, 0.3) is 0 Å². The summed E-state index contributed by atoms with van der Waals surface area (Å²) in [5, 5.41) is 0. The zero-order valence-corrected chi connectivity index (χ0v) is 5.41. The Hall–Kier alpha value is -0.540. The van der Waals surface area contributed by atoms with Crippen LogP contribution in [0.5, 0.6) is 0 Å². The fraction of sp³-hybridized carbons (Fsp3) is 0.833. The van der Waals surface area contributed by atoms with Gasteiger partial charge in [-0.3, -0.25) is 4.99 Å². The fourth-order valence-corrected chi connectivity index (χ4v) is 0.929. The van der Waals surface area contributed by atoms with Gasteiger partial charge < -0.3 is 0 Å². The van der Waals surface area contributed by atoms with Gasteiger partial charge in [0.15, 0.2) is 0 Å². The van der Waals surface area contributed by atoms with Gasteiger partial charge in [0.2, 0.25) is 0 Å². The van der Waals surface area contributed by atoms with Gasteiger partial charge in [-0.15, -0.1) is 0 Å². The van der Waals surface area contributed by atoms with Gasteiger partial charge in [-0.25, -0.2) is 0 Å². The molecule has 0 unspecified atom stereocenters. The average Bonchev–Trinajstić information content (AvgIpc) is 1.88. The third-order valence-corrected chi connectivity index (χ3v) is 1.45. The van der Waals surface area contributed by atoms with E-state index in [4.69, 9.17) is 0 Å². The maximum absolute atomic E-state index is 11.8. The summed E-state index contributed by atoms with van der Waals surface area (Å²) in [4.78, 5) is 3.39. The maximum Gasteiger partial charge on any atom is 0.429 e. The maximum atomic E-state index is 11.8. The smallest absolute Gasteiger partial charge is 0.285 e. The highest BCUT2D eigenvalue weighted by molar-refractivity contribution is 5.90. The van der Waals surface area contributed by atoms with Crippen molar-refractivity contribution in [1.82, 2.24) is 0 Å². The van der Waals surface area contributed by atoms with Crippen molar-refractivity contribution in [2.24, 2.45) is 4.99 Å². The molecule has 1 nitrogen and oxygen atoms in total. The van der Waals surface area contributed by atoms with Crippen LogP contribution in [0.25, 0.3) is 0 Å². The van der Waals surface area contributed by atoms with E-state index in [2.05, 4.69) is 4.99 Å². The van der Waals surface area contributed by atoms with Crippen molar-refractivity contribution >= 4 is 5.71 Å². The summed E-state index contributed by atoms with van der Waals surface area (Å²) in [6.45, 7) is 0.342. The Bertz CT molecular complexity index is 148. The van der Waals surface area contributed by atoms with Crippen LogP contribution in [0.2, 0.25) is 0 Å². The molecule has 0 aromatic carbocycles. The van der Waals surface area contributed by atoms with Crippen LogP contribution in [0.1, 0.15) is 19.3 Å². The molecular formula is C6H8F3N. The zero-order chi connectivity index (χ0) is 7.61. The van der Waals surface area contributed by atoms with Crippen molar-refractivity contribution in [2.75, 3.05) is 6.54 Å². The van der Waals surface area contributed by atoms with Crippen molar-refractivity contribution < 1.29 is 13.2 Å². The van der Waals surface area contributed by atoms with E-state index < -0.39 is 11.9 Å². The van der Waals surface area contributed by atoms with E-state index in [-0.39, 0.29) is 6.42 Å². The summed E-state index contributed by atoms with van der Waals surface area (Å²) in [5.74, 6) is 0. The number of nitrogens with zero attached hydrogens (tertiary/aromatic N) is 1. The lowest BCUT2D eigenvalue weighted by Gasteiger charge is -2.13. The molecule has 1 rings (SSSR count). The minimum Gasteiger partial charge on any atom is -0.285 e. The van der Waals surface area contributed by atoms with E-state index >= 15 is 0 Å². The van der Waals surface area contributed by atoms with Crippen LogP contribution < -0.4 is 0 Å². The molecular weight excluding hydrogens is 143 g/mol. The number of alkyl halides is 3. The second kappa shape index (κ2) is 2.60. The molecule has 0 spiro atoms. The number of halogens is 3. The van der Waals surface area contributed by atoms with Crippen LogP contribution in [0.15, 0.2) is 4.99 Å². The first-order valence-corrected chi connectivity index (χ1v) is 3.21. The molecule has 0 atom stereocenters. The highest BCUT2D eigenvalue weighted by atomic mass is 19.4. The summed E-state index contributed by atoms with van der Waals surface area (Å²) in [5.41, 5.74) is -0.584. The third kappa shape index (κ3) is 1.72. The van der Waals surface area contributed by atoms with Crippen LogP contribution >= 0.6 is 0 Å². The van der Waals surface area contributed by atoms with Crippen molar-refractivity contribution in [3.63, 3.8) is 0 Å². The molecule has 0 N–H and O–H groups in total. The van der Waals surface area contributed by atoms with Gasteiger partial charge >= 0.3 is 6.18 Å². The number of rotatable bonds is 0. The van der Waals surface area contributed by atoms with Crippen LogP contribution in [-0.4, -0.2) is 18.4 Å². The van der Waals surface area contributed by atoms with Crippen LogP contribution in [0.3, 0.4) is 0 Å². The Morgan fingerprint density at radius 1 is 1.20 bits per heavy atom. The molecule has 0 bridgehead atoms. The Morgan fingerprint density at radius 3 is 2.20 bits per heavy atom. The molecule has 1 aliphatic rings. The van der Waals surface area contributed by atoms with Crippen LogP contribution in [-0.2, 0) is 0 Å². The monoisotopic (exact) mass is 151 g/mol. The minimum atomic E-state index is -4.18. The molecule has 1 heterocycles. The molecule has 0 aromatic heterocycles. The fourth-order valence-electron chi connectivity index (χ4n) is 0.929. The Morgan fingerprint density at radius 2 is 1.90 bits per heavy atom. The van der Waals surface area contributed by atoms with Crippen molar-refractivity contribution in [3.05, 3.63) is 0 Å². The second-order valence-corrected chi connectivity index (χ2v) is 2.28. The topological polar surface area (TPSA) is 12.4 Å². The standard InChI is InChI=1S/C6H8F3N/c7-6(8,9)5-3-1-2-4-10-5/h1-4H2. The van der Waals surface area contributed by atoms with E-state index in [0.717, 1.165) is 6.42 Å². The van der Waals surface area contributed by atoms with Crippen molar-refractivity contribution in [3.8, 4) is 0 Å². The van der Waals surface area contributed by atoms with Crippen LogP contribution in [0.4, 0.5) is 13.2 Å². The van der Waals surface area contributed by atoms with Gasteiger partial charge in [-0.05, 0) is 19.3 Å². The van der Waals surface area contributed by atoms with Gasteiger partial charge in [0.1, 0.15) is 5.71 Å². The van der Waals surface area contributed by atoms with Gasteiger partial charge in [0, 0.05) is 6.54 Å². The van der Waals surface area contributed by atoms with Crippen LogP contribution in [0, 0.1) is 0 Å². The normalized spacial score (nSPS) is 20.5. The van der Waals surface area contributed by atoms with E-state index in [1.807, 2.05) is 0 Å². The number of hydrogen-bond donors (Lipinski definition) is 0. The minimum absolute atomic E-state index is 0.101. The van der Waals surface area contributed by atoms with Gasteiger partial charge in [0.05, 0.1) is 0 Å². The predicted octanol–water partition coefficient (Wildman–Crippen LogP) is 2.17. The first kappa shape index (κ1) is 7.57. The molecule has 58 valence electrons. The molecule has 0 aromatic rings. The second-order valence-electron chi connectivity index (χ2n) is 2.28. The molecule has 0 aliphatic carbocycles. The summed E-state index contributed by atoms with van der Waals surface area (Å²) in [7, 11) is 0. The summed E-state index contributed by atoms with van der Waals surface area (Å²) >= 11 is 0. The number of hydrogen-bond acceptors (Lipinski definition) is 1. The molecule has 0 saturated heterocycles. The summed E-state index contributed by atoms with van der Waals surface area (Å²) in [6, 6.07) is 0. The molecule has 0 amide bonds. The first-order valence-electron chi connectivity index (χ1n) is 3.21. The Labute approximate surface area is 57.0 Å². The van der Waals surface area contributed by atoms with E-state index in [1.54, 1.807) is 0 Å². The third-order valence-electron chi connectivity index (χ3n) is 1.45. The largest absolute Gasteiger partial charge is 0.429 e. The molecule has 0 radical (unpaired) electrons. The molecule has 0 saturated carbocycles. The lowest BCUT2D eigenvalue weighted by atomic mass is 10.1. The van der Waals surface area contributed by atoms with Gasteiger partial charge in [-0.1, -0.05) is 0 Å². The molecule has 10 heavy (non-hydrogen) atoms. The SMILES string of the molecule is FC(F)(F)C1=NCCCC1. The zero-order valence-electron chi connectivity index (χ0n) is 5.41. The quantitative estimate of drug-likeness (QED) is 0.503. The first-order chi connectivity index (χ1) is 4.61. The van der Waals surface area contributed by atoms with Crippen molar-refractivity contribution in [2.45, 2.75) is 25.4 Å². The summed E-state index contributed by atoms with van der Waals surface area (Å²) < 4.78 is 35.4.